The largest absolute Gasteiger partial charge is 0.493 e. The minimum absolute atomic E-state index is 0.0943. The first-order valence-electron chi connectivity index (χ1n) is 11.8. The molecule has 0 radical (unpaired) electrons. The van der Waals surface area contributed by atoms with Gasteiger partial charge in [-0.25, -0.2) is 4.98 Å². The molecule has 0 fully saturated rings. The Hall–Kier alpha value is -4.33. The van der Waals surface area contributed by atoms with Gasteiger partial charge in [0.2, 0.25) is 5.91 Å². The van der Waals surface area contributed by atoms with Crippen molar-refractivity contribution in [2.75, 3.05) is 27.4 Å². The summed E-state index contributed by atoms with van der Waals surface area (Å²) in [5, 5.41) is 3.31. The Kier molecular flexibility index (Phi) is 8.18. The molecule has 4 aromatic rings. The van der Waals surface area contributed by atoms with Gasteiger partial charge in [0.25, 0.3) is 5.56 Å². The standard InChI is InChI=1S/C28H29N3O5/c1-34-25-17-22-23(18-26(25)35-2)30-19-31(28(22)33)15-8-13-27(32)29-14-16-36-24-12-7-6-11-21(24)20-9-4-3-5-10-20/h3-7,9-12,17-19H,8,13-16H2,1-2H3,(H,29,32). The van der Waals surface area contributed by atoms with Gasteiger partial charge in [-0.3, -0.25) is 14.2 Å². The van der Waals surface area contributed by atoms with Gasteiger partial charge in [-0.2, -0.15) is 0 Å². The monoisotopic (exact) mass is 487 g/mol. The van der Waals surface area contributed by atoms with Crippen molar-refractivity contribution >= 4 is 16.8 Å². The molecule has 3 aromatic carbocycles. The van der Waals surface area contributed by atoms with E-state index in [1.165, 1.54) is 25.1 Å². The van der Waals surface area contributed by atoms with Crippen molar-refractivity contribution in [3.8, 4) is 28.4 Å². The molecular formula is C28H29N3O5. The van der Waals surface area contributed by atoms with E-state index in [0.717, 1.165) is 16.9 Å². The predicted molar refractivity (Wildman–Crippen MR) is 139 cm³/mol. The molecule has 0 aliphatic heterocycles. The third-order valence-corrected chi connectivity index (χ3v) is 5.79. The predicted octanol–water partition coefficient (Wildman–Crippen LogP) is 4.06. The van der Waals surface area contributed by atoms with E-state index in [0.29, 0.717) is 48.5 Å². The third kappa shape index (κ3) is 5.83. The Morgan fingerprint density at radius 3 is 2.44 bits per heavy atom. The van der Waals surface area contributed by atoms with Gasteiger partial charge in [0.1, 0.15) is 12.4 Å². The molecule has 36 heavy (non-hydrogen) atoms. The minimum Gasteiger partial charge on any atom is -0.493 e. The van der Waals surface area contributed by atoms with Crippen molar-refractivity contribution in [2.45, 2.75) is 19.4 Å². The van der Waals surface area contributed by atoms with Gasteiger partial charge < -0.3 is 19.5 Å². The molecule has 0 aliphatic rings. The Morgan fingerprint density at radius 2 is 1.67 bits per heavy atom. The van der Waals surface area contributed by atoms with Crippen molar-refractivity contribution in [3.05, 3.63) is 83.4 Å². The van der Waals surface area contributed by atoms with Gasteiger partial charge in [0, 0.05) is 24.6 Å². The van der Waals surface area contributed by atoms with E-state index in [1.54, 1.807) is 12.1 Å². The summed E-state index contributed by atoms with van der Waals surface area (Å²) in [6.07, 6.45) is 2.29. The van der Waals surface area contributed by atoms with Crippen LogP contribution in [0.1, 0.15) is 12.8 Å². The van der Waals surface area contributed by atoms with Crippen LogP contribution < -0.4 is 25.1 Å². The van der Waals surface area contributed by atoms with Crippen molar-refractivity contribution in [3.63, 3.8) is 0 Å². The van der Waals surface area contributed by atoms with E-state index in [9.17, 15) is 9.59 Å². The highest BCUT2D eigenvalue weighted by molar-refractivity contribution is 5.81. The number of carbonyl (C=O) groups excluding carboxylic acids is 1. The van der Waals surface area contributed by atoms with Gasteiger partial charge in [-0.1, -0.05) is 48.5 Å². The molecule has 1 aromatic heterocycles. The number of nitrogens with one attached hydrogen (secondary N) is 1. The highest BCUT2D eigenvalue weighted by atomic mass is 16.5. The lowest BCUT2D eigenvalue weighted by molar-refractivity contribution is -0.121. The summed E-state index contributed by atoms with van der Waals surface area (Å²) < 4.78 is 18.0. The number of benzene rings is 3. The van der Waals surface area contributed by atoms with Crippen LogP contribution in [0.5, 0.6) is 17.2 Å². The molecule has 1 heterocycles. The maximum Gasteiger partial charge on any atom is 0.261 e. The highest BCUT2D eigenvalue weighted by Crippen LogP contribution is 2.30. The average molecular weight is 488 g/mol. The van der Waals surface area contributed by atoms with E-state index in [1.807, 2.05) is 54.6 Å². The van der Waals surface area contributed by atoms with Gasteiger partial charge in [0.15, 0.2) is 11.5 Å². The number of carbonyl (C=O) groups is 1. The van der Waals surface area contributed by atoms with Crippen LogP contribution >= 0.6 is 0 Å². The van der Waals surface area contributed by atoms with Crippen LogP contribution in [0.3, 0.4) is 0 Å². The minimum atomic E-state index is -0.188. The van der Waals surface area contributed by atoms with E-state index < -0.39 is 0 Å². The topological polar surface area (TPSA) is 91.7 Å². The summed E-state index contributed by atoms with van der Waals surface area (Å²) >= 11 is 0. The summed E-state index contributed by atoms with van der Waals surface area (Å²) in [7, 11) is 3.05. The second kappa shape index (κ2) is 11.9. The quantitative estimate of drug-likeness (QED) is 0.321. The molecule has 1 amide bonds. The number of aryl methyl sites for hydroxylation is 1. The van der Waals surface area contributed by atoms with Crippen LogP contribution in [0.25, 0.3) is 22.0 Å². The normalized spacial score (nSPS) is 10.7. The van der Waals surface area contributed by atoms with E-state index in [-0.39, 0.29) is 17.9 Å². The molecule has 0 saturated carbocycles. The Morgan fingerprint density at radius 1 is 0.944 bits per heavy atom. The Bertz CT molecular complexity index is 1390. The number of rotatable bonds is 11. The number of hydrogen-bond donors (Lipinski definition) is 1. The summed E-state index contributed by atoms with van der Waals surface area (Å²) in [6, 6.07) is 21.2. The fraction of sp³-hybridized carbons (Fsp3) is 0.250. The lowest BCUT2D eigenvalue weighted by Crippen LogP contribution is -2.28. The van der Waals surface area contributed by atoms with E-state index >= 15 is 0 Å². The highest BCUT2D eigenvalue weighted by Gasteiger charge is 2.11. The molecule has 0 spiro atoms. The molecule has 0 atom stereocenters. The lowest BCUT2D eigenvalue weighted by atomic mass is 10.1. The van der Waals surface area contributed by atoms with Crippen LogP contribution in [0, 0.1) is 0 Å². The smallest absolute Gasteiger partial charge is 0.261 e. The molecule has 8 nitrogen and oxygen atoms in total. The number of ether oxygens (including phenoxy) is 3. The fourth-order valence-electron chi connectivity index (χ4n) is 3.94. The summed E-state index contributed by atoms with van der Waals surface area (Å²) in [5.74, 6) is 1.66. The van der Waals surface area contributed by atoms with Crippen LogP contribution in [0.4, 0.5) is 0 Å². The number of para-hydroxylation sites is 1. The van der Waals surface area contributed by atoms with Crippen molar-refractivity contribution in [1.29, 1.82) is 0 Å². The zero-order valence-electron chi connectivity index (χ0n) is 20.4. The SMILES string of the molecule is COc1cc2ncn(CCCC(=O)NCCOc3ccccc3-c3ccccc3)c(=O)c2cc1OC. The van der Waals surface area contributed by atoms with Gasteiger partial charge >= 0.3 is 0 Å². The number of methoxy groups -OCH3 is 2. The Balaban J connectivity index is 1.26. The Labute approximate surface area is 209 Å². The summed E-state index contributed by atoms with van der Waals surface area (Å²) in [5.41, 5.74) is 2.43. The summed E-state index contributed by atoms with van der Waals surface area (Å²) in [6.45, 7) is 1.13. The van der Waals surface area contributed by atoms with Crippen molar-refractivity contribution in [1.82, 2.24) is 14.9 Å². The second-order valence-corrected chi connectivity index (χ2v) is 8.13. The number of hydrogen-bond acceptors (Lipinski definition) is 6. The lowest BCUT2D eigenvalue weighted by Gasteiger charge is -2.12. The van der Waals surface area contributed by atoms with Crippen LogP contribution in [0.2, 0.25) is 0 Å². The van der Waals surface area contributed by atoms with E-state index in [2.05, 4.69) is 10.3 Å². The van der Waals surface area contributed by atoms with E-state index in [4.69, 9.17) is 14.2 Å². The van der Waals surface area contributed by atoms with Crippen LogP contribution in [0.15, 0.2) is 77.9 Å². The molecule has 4 rings (SSSR count). The maximum atomic E-state index is 12.9. The van der Waals surface area contributed by atoms with Gasteiger partial charge in [-0.05, 0) is 24.1 Å². The number of aromatic nitrogens is 2. The molecule has 8 heteroatoms. The average Bonchev–Trinajstić information content (AvgIpc) is 2.92. The van der Waals surface area contributed by atoms with Gasteiger partial charge in [-0.15, -0.1) is 0 Å². The maximum absolute atomic E-state index is 12.9. The van der Waals surface area contributed by atoms with Crippen molar-refractivity contribution in [2.24, 2.45) is 0 Å². The second-order valence-electron chi connectivity index (χ2n) is 8.13. The van der Waals surface area contributed by atoms with Crippen LogP contribution in [-0.2, 0) is 11.3 Å². The number of nitrogens with zero attached hydrogens (tertiary/aromatic N) is 2. The first-order chi connectivity index (χ1) is 17.6. The molecule has 0 aliphatic carbocycles. The number of fused-ring (bicyclic) bond motifs is 1. The van der Waals surface area contributed by atoms with Crippen LogP contribution in [-0.4, -0.2) is 42.8 Å². The molecule has 0 unspecified atom stereocenters. The summed E-state index contributed by atoms with van der Waals surface area (Å²) in [4.78, 5) is 29.5. The fourth-order valence-corrected chi connectivity index (χ4v) is 3.94. The molecular weight excluding hydrogens is 458 g/mol. The molecule has 186 valence electrons. The van der Waals surface area contributed by atoms with Crippen molar-refractivity contribution < 1.29 is 19.0 Å². The molecule has 1 N–H and O–H groups in total. The molecule has 0 bridgehead atoms. The number of amides is 1. The first-order valence-corrected chi connectivity index (χ1v) is 11.8. The third-order valence-electron chi connectivity index (χ3n) is 5.79. The molecule has 0 saturated heterocycles. The zero-order chi connectivity index (χ0) is 25.3. The van der Waals surface area contributed by atoms with Gasteiger partial charge in [0.05, 0.1) is 38.0 Å². The first kappa shape index (κ1) is 24.8. The zero-order valence-corrected chi connectivity index (χ0v) is 20.4.